The van der Waals surface area contributed by atoms with Crippen LogP contribution in [0.1, 0.15) is 18.0 Å². The number of aryl methyl sites for hydroxylation is 1. The average molecular weight is 516 g/mol. The summed E-state index contributed by atoms with van der Waals surface area (Å²) in [6, 6.07) is 8.11. The molecule has 1 aromatic heterocycles. The van der Waals surface area contributed by atoms with Gasteiger partial charge in [0.15, 0.2) is 17.5 Å². The molecule has 1 unspecified atom stereocenters. The van der Waals surface area contributed by atoms with E-state index in [9.17, 15) is 0 Å². The summed E-state index contributed by atoms with van der Waals surface area (Å²) in [4.78, 5) is 6.48. The first kappa shape index (κ1) is 25.0. The molecule has 0 bridgehead atoms. The smallest absolute Gasteiger partial charge is 0.191 e. The number of ether oxygens (including phenoxy) is 2. The molecule has 0 spiro atoms. The maximum atomic E-state index is 5.44. The standard InChI is InChI=1S/C20H32N6O2.HI/c1-21-20(22-10-6-12-26-13-7-11-24-26)23-15-17(25(2)3)16-8-9-18(27-4)19(14-16)28-5;/h7-9,11,13-14,17H,6,10,12,15H2,1-5H3,(H2,21,22,23);1H. The summed E-state index contributed by atoms with van der Waals surface area (Å²) < 4.78 is 12.7. The summed E-state index contributed by atoms with van der Waals surface area (Å²) in [7, 11) is 9.20. The summed E-state index contributed by atoms with van der Waals surface area (Å²) in [6.45, 7) is 2.41. The van der Waals surface area contributed by atoms with Gasteiger partial charge < -0.3 is 25.0 Å². The molecule has 1 atom stereocenters. The summed E-state index contributed by atoms with van der Waals surface area (Å²) >= 11 is 0. The van der Waals surface area contributed by atoms with Crippen molar-refractivity contribution in [3.8, 4) is 11.5 Å². The lowest BCUT2D eigenvalue weighted by molar-refractivity contribution is 0.295. The van der Waals surface area contributed by atoms with Crippen LogP contribution in [0.4, 0.5) is 0 Å². The van der Waals surface area contributed by atoms with Gasteiger partial charge in [0.05, 0.1) is 20.3 Å². The Morgan fingerprint density at radius 2 is 1.97 bits per heavy atom. The fraction of sp³-hybridized carbons (Fsp3) is 0.500. The van der Waals surface area contributed by atoms with Crippen LogP contribution in [0.5, 0.6) is 11.5 Å². The summed E-state index contributed by atoms with van der Waals surface area (Å²) in [5.74, 6) is 2.24. The highest BCUT2D eigenvalue weighted by molar-refractivity contribution is 14.0. The van der Waals surface area contributed by atoms with Crippen molar-refractivity contribution in [1.29, 1.82) is 0 Å². The molecular formula is C20H33IN6O2. The first-order chi connectivity index (χ1) is 13.6. The van der Waals surface area contributed by atoms with Gasteiger partial charge in [-0.1, -0.05) is 6.07 Å². The van der Waals surface area contributed by atoms with Crippen molar-refractivity contribution >= 4 is 29.9 Å². The SMILES string of the molecule is CN=C(NCCCn1cccn1)NCC(c1ccc(OC)c(OC)c1)N(C)C.I. The number of nitrogens with one attached hydrogen (secondary N) is 2. The maximum absolute atomic E-state index is 5.44. The third kappa shape index (κ3) is 7.73. The lowest BCUT2D eigenvalue weighted by Gasteiger charge is -2.26. The summed E-state index contributed by atoms with van der Waals surface area (Å²) in [5.41, 5.74) is 1.14. The van der Waals surface area contributed by atoms with Crippen molar-refractivity contribution in [2.45, 2.75) is 19.0 Å². The van der Waals surface area contributed by atoms with E-state index in [2.05, 4.69) is 45.8 Å². The van der Waals surface area contributed by atoms with Crippen LogP contribution in [0.3, 0.4) is 0 Å². The zero-order chi connectivity index (χ0) is 20.4. The Morgan fingerprint density at radius 1 is 1.21 bits per heavy atom. The average Bonchev–Trinajstić information content (AvgIpc) is 3.22. The van der Waals surface area contributed by atoms with E-state index in [1.165, 1.54) is 0 Å². The number of methoxy groups -OCH3 is 2. The zero-order valence-electron chi connectivity index (χ0n) is 17.9. The van der Waals surface area contributed by atoms with E-state index in [4.69, 9.17) is 9.47 Å². The third-order valence-corrected chi connectivity index (χ3v) is 4.52. The molecule has 2 rings (SSSR count). The topological polar surface area (TPSA) is 75.9 Å². The van der Waals surface area contributed by atoms with Gasteiger partial charge in [0.1, 0.15) is 0 Å². The Labute approximate surface area is 190 Å². The maximum Gasteiger partial charge on any atom is 0.191 e. The van der Waals surface area contributed by atoms with Crippen molar-refractivity contribution in [1.82, 2.24) is 25.3 Å². The summed E-state index contributed by atoms with van der Waals surface area (Å²) in [6.07, 6.45) is 4.73. The fourth-order valence-electron chi connectivity index (χ4n) is 2.95. The molecule has 0 aliphatic heterocycles. The Kier molecular flexibility index (Phi) is 11.4. The monoisotopic (exact) mass is 516 g/mol. The highest BCUT2D eigenvalue weighted by Gasteiger charge is 2.17. The van der Waals surface area contributed by atoms with Gasteiger partial charge in [-0.3, -0.25) is 9.67 Å². The Morgan fingerprint density at radius 3 is 2.55 bits per heavy atom. The molecule has 0 aliphatic rings. The van der Waals surface area contributed by atoms with Crippen LogP contribution in [0.2, 0.25) is 0 Å². The van der Waals surface area contributed by atoms with Crippen molar-refractivity contribution < 1.29 is 9.47 Å². The molecule has 1 aromatic carbocycles. The Bertz CT molecular complexity index is 737. The number of aliphatic imine (C=N–C) groups is 1. The molecule has 2 aromatic rings. The molecule has 0 saturated carbocycles. The van der Waals surface area contributed by atoms with Gasteiger partial charge in [0.25, 0.3) is 0 Å². The lowest BCUT2D eigenvalue weighted by atomic mass is 10.1. The van der Waals surface area contributed by atoms with E-state index in [0.29, 0.717) is 6.54 Å². The number of likely N-dealkylation sites (N-methyl/N-ethyl adjacent to an activating group) is 1. The van der Waals surface area contributed by atoms with E-state index in [-0.39, 0.29) is 30.0 Å². The van der Waals surface area contributed by atoms with Crippen molar-refractivity contribution in [3.05, 3.63) is 42.2 Å². The van der Waals surface area contributed by atoms with E-state index < -0.39 is 0 Å². The van der Waals surface area contributed by atoms with Crippen molar-refractivity contribution in [2.24, 2.45) is 4.99 Å². The second-order valence-corrected chi connectivity index (χ2v) is 6.60. The van der Waals surface area contributed by atoms with Gasteiger partial charge in [-0.2, -0.15) is 5.10 Å². The van der Waals surface area contributed by atoms with Crippen molar-refractivity contribution in [2.75, 3.05) is 48.5 Å². The lowest BCUT2D eigenvalue weighted by Crippen LogP contribution is -2.42. The highest BCUT2D eigenvalue weighted by Crippen LogP contribution is 2.31. The first-order valence-corrected chi connectivity index (χ1v) is 9.39. The van der Waals surface area contributed by atoms with Gasteiger partial charge in [-0.25, -0.2) is 0 Å². The fourth-order valence-corrected chi connectivity index (χ4v) is 2.95. The number of nitrogens with zero attached hydrogens (tertiary/aromatic N) is 4. The number of rotatable bonds is 10. The number of hydrogen-bond donors (Lipinski definition) is 2. The molecule has 0 radical (unpaired) electrons. The minimum absolute atomic E-state index is 0. The van der Waals surface area contributed by atoms with Crippen LogP contribution in [0.15, 0.2) is 41.7 Å². The molecule has 1 heterocycles. The molecule has 9 heteroatoms. The Hall–Kier alpha value is -2.01. The molecule has 0 aliphatic carbocycles. The predicted molar refractivity (Wildman–Crippen MR) is 128 cm³/mol. The Balaban J connectivity index is 0.00000420. The van der Waals surface area contributed by atoms with E-state index >= 15 is 0 Å². The molecule has 0 amide bonds. The molecular weight excluding hydrogens is 483 g/mol. The van der Waals surface area contributed by atoms with Crippen LogP contribution >= 0.6 is 24.0 Å². The second kappa shape index (κ2) is 13.3. The molecule has 2 N–H and O–H groups in total. The van der Waals surface area contributed by atoms with Gasteiger partial charge in [0, 0.05) is 39.1 Å². The second-order valence-electron chi connectivity index (χ2n) is 6.60. The zero-order valence-corrected chi connectivity index (χ0v) is 20.2. The van der Waals surface area contributed by atoms with Crippen LogP contribution in [0.25, 0.3) is 0 Å². The minimum Gasteiger partial charge on any atom is -0.493 e. The quantitative estimate of drug-likeness (QED) is 0.219. The largest absolute Gasteiger partial charge is 0.493 e. The minimum atomic E-state index is 0. The van der Waals surface area contributed by atoms with Gasteiger partial charge in [-0.05, 0) is 44.3 Å². The van der Waals surface area contributed by atoms with E-state index in [0.717, 1.165) is 42.5 Å². The number of benzene rings is 1. The van der Waals surface area contributed by atoms with Gasteiger partial charge >= 0.3 is 0 Å². The van der Waals surface area contributed by atoms with Gasteiger partial charge in [-0.15, -0.1) is 24.0 Å². The highest BCUT2D eigenvalue weighted by atomic mass is 127. The van der Waals surface area contributed by atoms with E-state index in [1.807, 2.05) is 29.1 Å². The normalized spacial score (nSPS) is 12.3. The number of aromatic nitrogens is 2. The van der Waals surface area contributed by atoms with Crippen LogP contribution < -0.4 is 20.1 Å². The van der Waals surface area contributed by atoms with Crippen molar-refractivity contribution in [3.63, 3.8) is 0 Å². The van der Waals surface area contributed by atoms with Crippen LogP contribution in [-0.4, -0.2) is 69.1 Å². The number of guanidine groups is 1. The molecule has 29 heavy (non-hydrogen) atoms. The van der Waals surface area contributed by atoms with Crippen LogP contribution in [-0.2, 0) is 6.54 Å². The third-order valence-electron chi connectivity index (χ3n) is 4.52. The summed E-state index contributed by atoms with van der Waals surface area (Å²) in [5, 5.41) is 11.0. The molecule has 0 saturated heterocycles. The number of hydrogen-bond acceptors (Lipinski definition) is 5. The van der Waals surface area contributed by atoms with Gasteiger partial charge in [0.2, 0.25) is 0 Å². The predicted octanol–water partition coefficient (Wildman–Crippen LogP) is 2.38. The molecule has 162 valence electrons. The molecule has 8 nitrogen and oxygen atoms in total. The molecule has 0 fully saturated rings. The van der Waals surface area contributed by atoms with Crippen LogP contribution in [0, 0.1) is 0 Å². The van der Waals surface area contributed by atoms with E-state index in [1.54, 1.807) is 27.5 Å². The first-order valence-electron chi connectivity index (χ1n) is 9.39. The number of halogens is 1.